The van der Waals surface area contributed by atoms with E-state index < -0.39 is 0 Å². The van der Waals surface area contributed by atoms with Gasteiger partial charge in [-0.05, 0) is 56.4 Å². The number of methoxy groups -OCH3 is 1. The number of nitrogens with one attached hydrogen (secondary N) is 1. The zero-order chi connectivity index (χ0) is 23.5. The van der Waals surface area contributed by atoms with Gasteiger partial charge in [-0.1, -0.05) is 0 Å². The van der Waals surface area contributed by atoms with Crippen LogP contribution >= 0.6 is 0 Å². The van der Waals surface area contributed by atoms with Crippen molar-refractivity contribution in [1.82, 2.24) is 25.0 Å². The van der Waals surface area contributed by atoms with Gasteiger partial charge in [0.25, 0.3) is 0 Å². The third-order valence-corrected chi connectivity index (χ3v) is 6.54. The molecule has 176 valence electrons. The van der Waals surface area contributed by atoms with Crippen molar-refractivity contribution >= 4 is 22.8 Å². The third kappa shape index (κ3) is 4.72. The van der Waals surface area contributed by atoms with E-state index in [2.05, 4.69) is 10.4 Å². The number of nitrogens with zero attached hydrogens (tertiary/aromatic N) is 4. The van der Waals surface area contributed by atoms with E-state index in [4.69, 9.17) is 14.1 Å². The quantitative estimate of drug-likeness (QED) is 0.590. The SMILES string of the molecule is COc1nn(C)c2nc(C)c(CCC(=O)N3CCC(C(=O)NCc4ccco4)CC3)c(C)c12. The second-order valence-corrected chi connectivity index (χ2v) is 8.58. The number of aromatic nitrogens is 3. The number of hydrogen-bond acceptors (Lipinski definition) is 6. The molecule has 4 rings (SSSR count). The van der Waals surface area contributed by atoms with E-state index in [1.807, 2.05) is 31.9 Å². The van der Waals surface area contributed by atoms with Gasteiger partial charge in [0.2, 0.25) is 17.7 Å². The molecule has 33 heavy (non-hydrogen) atoms. The number of piperidine rings is 1. The number of fused-ring (bicyclic) bond motifs is 1. The zero-order valence-electron chi connectivity index (χ0n) is 19.7. The lowest BCUT2D eigenvalue weighted by Crippen LogP contribution is -2.43. The van der Waals surface area contributed by atoms with Gasteiger partial charge in [-0.3, -0.25) is 9.59 Å². The average molecular weight is 454 g/mol. The van der Waals surface area contributed by atoms with E-state index in [0.29, 0.717) is 51.2 Å². The standard InChI is InChI=1S/C24H31N5O4/c1-15-19(16(2)26-22-21(15)24(32-4)27-28(22)3)7-8-20(30)29-11-9-17(10-12-29)23(31)25-14-18-6-5-13-33-18/h5-6,13,17H,7-12,14H2,1-4H3,(H,25,31). The van der Waals surface area contributed by atoms with E-state index >= 15 is 0 Å². The first kappa shape index (κ1) is 22.8. The average Bonchev–Trinajstić information content (AvgIpc) is 3.45. The lowest BCUT2D eigenvalue weighted by molar-refractivity contribution is -0.135. The fraction of sp³-hybridized carbons (Fsp3) is 0.500. The molecular weight excluding hydrogens is 422 g/mol. The topological polar surface area (TPSA) is 102 Å². The summed E-state index contributed by atoms with van der Waals surface area (Å²) in [5.74, 6) is 1.35. The van der Waals surface area contributed by atoms with Crippen LogP contribution in [0, 0.1) is 19.8 Å². The summed E-state index contributed by atoms with van der Waals surface area (Å²) in [6.45, 7) is 5.60. The Morgan fingerprint density at radius 2 is 2.03 bits per heavy atom. The lowest BCUT2D eigenvalue weighted by atomic mass is 9.95. The number of aryl methyl sites for hydroxylation is 3. The molecule has 3 aromatic heterocycles. The van der Waals surface area contributed by atoms with Gasteiger partial charge >= 0.3 is 0 Å². The largest absolute Gasteiger partial charge is 0.479 e. The fourth-order valence-electron chi connectivity index (χ4n) is 4.62. The van der Waals surface area contributed by atoms with Crippen LogP contribution in [0.1, 0.15) is 41.8 Å². The summed E-state index contributed by atoms with van der Waals surface area (Å²) in [7, 11) is 3.45. The number of pyridine rings is 1. The summed E-state index contributed by atoms with van der Waals surface area (Å²) in [4.78, 5) is 31.9. The summed E-state index contributed by atoms with van der Waals surface area (Å²) in [5, 5.41) is 8.21. The first-order valence-corrected chi connectivity index (χ1v) is 11.3. The van der Waals surface area contributed by atoms with Crippen molar-refractivity contribution in [3.63, 3.8) is 0 Å². The second kappa shape index (κ2) is 9.64. The second-order valence-electron chi connectivity index (χ2n) is 8.58. The monoisotopic (exact) mass is 453 g/mol. The normalized spacial score (nSPS) is 14.6. The molecule has 4 heterocycles. The molecule has 2 amide bonds. The zero-order valence-corrected chi connectivity index (χ0v) is 19.7. The molecule has 1 N–H and O–H groups in total. The molecule has 0 aromatic carbocycles. The van der Waals surface area contributed by atoms with Crippen LogP contribution < -0.4 is 10.1 Å². The summed E-state index contributed by atoms with van der Waals surface area (Å²) in [6.07, 6.45) is 3.96. The smallest absolute Gasteiger partial charge is 0.242 e. The summed E-state index contributed by atoms with van der Waals surface area (Å²) in [5.41, 5.74) is 3.81. The van der Waals surface area contributed by atoms with Crippen LogP contribution in [-0.4, -0.2) is 51.7 Å². The summed E-state index contributed by atoms with van der Waals surface area (Å²) in [6, 6.07) is 3.64. The first-order chi connectivity index (χ1) is 15.9. The number of carbonyl (C=O) groups is 2. The molecule has 9 heteroatoms. The Kier molecular flexibility index (Phi) is 6.67. The number of ether oxygens (including phenoxy) is 1. The number of carbonyl (C=O) groups excluding carboxylic acids is 2. The molecule has 1 aliphatic rings. The van der Waals surface area contributed by atoms with Gasteiger partial charge in [-0.25, -0.2) is 9.67 Å². The molecule has 0 aliphatic carbocycles. The predicted molar refractivity (Wildman–Crippen MR) is 123 cm³/mol. The number of rotatable bonds is 7. The van der Waals surface area contributed by atoms with E-state index in [1.54, 1.807) is 24.1 Å². The third-order valence-electron chi connectivity index (χ3n) is 6.54. The summed E-state index contributed by atoms with van der Waals surface area (Å²) >= 11 is 0. The van der Waals surface area contributed by atoms with Gasteiger partial charge in [0, 0.05) is 38.2 Å². The maximum absolute atomic E-state index is 12.9. The van der Waals surface area contributed by atoms with Crippen LogP contribution in [0.15, 0.2) is 22.8 Å². The van der Waals surface area contributed by atoms with Crippen molar-refractivity contribution in [2.45, 2.75) is 46.1 Å². The van der Waals surface area contributed by atoms with Crippen LogP contribution in [0.2, 0.25) is 0 Å². The van der Waals surface area contributed by atoms with Crippen molar-refractivity contribution in [1.29, 1.82) is 0 Å². The van der Waals surface area contributed by atoms with Crippen LogP contribution in [0.4, 0.5) is 0 Å². The van der Waals surface area contributed by atoms with E-state index in [-0.39, 0.29) is 17.7 Å². The number of hydrogen-bond donors (Lipinski definition) is 1. The Morgan fingerprint density at radius 3 is 2.70 bits per heavy atom. The van der Waals surface area contributed by atoms with E-state index in [9.17, 15) is 9.59 Å². The van der Waals surface area contributed by atoms with E-state index in [0.717, 1.165) is 33.6 Å². The molecule has 0 radical (unpaired) electrons. The minimum Gasteiger partial charge on any atom is -0.479 e. The highest BCUT2D eigenvalue weighted by Gasteiger charge is 2.27. The molecule has 0 unspecified atom stereocenters. The van der Waals surface area contributed by atoms with Gasteiger partial charge in [-0.2, -0.15) is 0 Å². The van der Waals surface area contributed by atoms with Crippen molar-refractivity contribution in [3.8, 4) is 5.88 Å². The van der Waals surface area contributed by atoms with Crippen LogP contribution in [0.25, 0.3) is 11.0 Å². The van der Waals surface area contributed by atoms with Gasteiger partial charge in [0.15, 0.2) is 5.65 Å². The first-order valence-electron chi connectivity index (χ1n) is 11.3. The summed E-state index contributed by atoms with van der Waals surface area (Å²) < 4.78 is 12.4. The molecular formula is C24H31N5O4. The van der Waals surface area contributed by atoms with Gasteiger partial charge in [-0.15, -0.1) is 5.10 Å². The molecule has 1 fully saturated rings. The maximum Gasteiger partial charge on any atom is 0.242 e. The minimum atomic E-state index is -0.0712. The predicted octanol–water partition coefficient (Wildman–Crippen LogP) is 2.67. The highest BCUT2D eigenvalue weighted by Crippen LogP contribution is 2.30. The van der Waals surface area contributed by atoms with E-state index in [1.165, 1.54) is 0 Å². The Hall–Kier alpha value is -3.36. The number of amides is 2. The maximum atomic E-state index is 12.9. The molecule has 9 nitrogen and oxygen atoms in total. The molecule has 0 saturated carbocycles. The van der Waals surface area contributed by atoms with Crippen molar-refractivity contribution in [2.75, 3.05) is 20.2 Å². The Balaban J connectivity index is 1.32. The molecule has 0 bridgehead atoms. The molecule has 0 spiro atoms. The van der Waals surface area contributed by atoms with Crippen molar-refractivity contribution in [3.05, 3.63) is 41.0 Å². The number of furan rings is 1. The van der Waals surface area contributed by atoms with Gasteiger partial charge < -0.3 is 19.4 Å². The van der Waals surface area contributed by atoms with Crippen LogP contribution in [-0.2, 0) is 29.6 Å². The van der Waals surface area contributed by atoms with Crippen molar-refractivity contribution < 1.29 is 18.7 Å². The van der Waals surface area contributed by atoms with Gasteiger partial charge in [0.1, 0.15) is 5.76 Å². The van der Waals surface area contributed by atoms with Crippen LogP contribution in [0.3, 0.4) is 0 Å². The Bertz CT molecular complexity index is 1140. The number of likely N-dealkylation sites (tertiary alicyclic amines) is 1. The highest BCUT2D eigenvalue weighted by molar-refractivity contribution is 5.86. The molecule has 1 saturated heterocycles. The fourth-order valence-corrected chi connectivity index (χ4v) is 4.62. The molecule has 1 aliphatic heterocycles. The molecule has 0 atom stereocenters. The lowest BCUT2D eigenvalue weighted by Gasteiger charge is -2.31. The molecule has 3 aromatic rings. The van der Waals surface area contributed by atoms with Gasteiger partial charge in [0.05, 0.1) is 25.3 Å². The highest BCUT2D eigenvalue weighted by atomic mass is 16.5. The minimum absolute atomic E-state index is 0.0227. The van der Waals surface area contributed by atoms with Crippen LogP contribution in [0.5, 0.6) is 5.88 Å². The van der Waals surface area contributed by atoms with Crippen molar-refractivity contribution in [2.24, 2.45) is 13.0 Å². The Labute approximate surface area is 193 Å². The Morgan fingerprint density at radius 1 is 1.27 bits per heavy atom.